The topological polar surface area (TPSA) is 66.8 Å². The Kier molecular flexibility index (Phi) is 6.97. The second kappa shape index (κ2) is 9.21. The fourth-order valence-corrected chi connectivity index (χ4v) is 2.66. The first-order valence-corrected chi connectivity index (χ1v) is 8.25. The summed E-state index contributed by atoms with van der Waals surface area (Å²) in [7, 11) is 0. The van der Waals surface area contributed by atoms with Gasteiger partial charge in [-0.15, -0.1) is 0 Å². The lowest BCUT2D eigenvalue weighted by atomic mass is 9.95. The van der Waals surface area contributed by atoms with Gasteiger partial charge < -0.3 is 14.9 Å². The average Bonchev–Trinajstić information content (AvgIpc) is 2.62. The second-order valence-electron chi connectivity index (χ2n) is 5.71. The molecule has 0 aliphatic rings. The zero-order valence-corrected chi connectivity index (χ0v) is 13.9. The highest BCUT2D eigenvalue weighted by Crippen LogP contribution is 2.21. The number of aliphatic hydroxyl groups excluding tert-OH is 2. The predicted molar refractivity (Wildman–Crippen MR) is 93.4 cm³/mol. The van der Waals surface area contributed by atoms with Gasteiger partial charge in [-0.3, -0.25) is 4.79 Å². The van der Waals surface area contributed by atoms with Crippen LogP contribution in [0.25, 0.3) is 11.1 Å². The first-order valence-electron chi connectivity index (χ1n) is 8.25. The molecule has 0 aliphatic carbocycles. The van der Waals surface area contributed by atoms with E-state index in [0.717, 1.165) is 16.7 Å². The van der Waals surface area contributed by atoms with Crippen LogP contribution in [0.3, 0.4) is 0 Å². The molecule has 0 fully saturated rings. The summed E-state index contributed by atoms with van der Waals surface area (Å²) in [6.07, 6.45) is 0.0921. The predicted octanol–water partition coefficient (Wildman–Crippen LogP) is 2.82. The van der Waals surface area contributed by atoms with Crippen LogP contribution in [-0.4, -0.2) is 35.5 Å². The molecule has 0 heterocycles. The van der Waals surface area contributed by atoms with Gasteiger partial charge in [-0.2, -0.15) is 0 Å². The molecule has 0 bridgehead atoms. The molecule has 0 radical (unpaired) electrons. The zero-order valence-electron chi connectivity index (χ0n) is 13.9. The van der Waals surface area contributed by atoms with E-state index in [0.29, 0.717) is 12.8 Å². The van der Waals surface area contributed by atoms with Crippen molar-refractivity contribution < 1.29 is 19.7 Å². The quantitative estimate of drug-likeness (QED) is 0.731. The second-order valence-corrected chi connectivity index (χ2v) is 5.71. The Labute approximate surface area is 142 Å². The van der Waals surface area contributed by atoms with Crippen LogP contribution in [0.5, 0.6) is 0 Å². The maximum atomic E-state index is 11.7. The largest absolute Gasteiger partial charge is 0.466 e. The summed E-state index contributed by atoms with van der Waals surface area (Å²) in [6, 6.07) is 18.2. The number of carbonyl (C=O) groups excluding carboxylic acids is 1. The first-order chi connectivity index (χ1) is 11.7. The SMILES string of the molecule is CCOC(=O)[C@@H](CO)[C@@H](O)CCc1cccc(-c2ccccc2)c1. The van der Waals surface area contributed by atoms with Crippen molar-refractivity contribution in [1.82, 2.24) is 0 Å². The van der Waals surface area contributed by atoms with Crippen LogP contribution in [0.1, 0.15) is 18.9 Å². The molecule has 0 aliphatic heterocycles. The number of aliphatic hydroxyl groups is 2. The lowest BCUT2D eigenvalue weighted by molar-refractivity contribution is -0.154. The van der Waals surface area contributed by atoms with Crippen LogP contribution in [0.4, 0.5) is 0 Å². The molecule has 2 aromatic carbocycles. The summed E-state index contributed by atoms with van der Waals surface area (Å²) in [5.41, 5.74) is 3.34. The number of carbonyl (C=O) groups is 1. The van der Waals surface area contributed by atoms with Crippen LogP contribution >= 0.6 is 0 Å². The zero-order chi connectivity index (χ0) is 17.4. The van der Waals surface area contributed by atoms with Gasteiger partial charge in [0.05, 0.1) is 19.3 Å². The van der Waals surface area contributed by atoms with Gasteiger partial charge in [-0.05, 0) is 36.5 Å². The number of ether oxygens (including phenoxy) is 1. The van der Waals surface area contributed by atoms with Crippen LogP contribution in [0.15, 0.2) is 54.6 Å². The monoisotopic (exact) mass is 328 g/mol. The standard InChI is InChI=1S/C20H24O4/c1-2-24-20(23)18(14-21)19(22)12-11-15-7-6-10-17(13-15)16-8-4-3-5-9-16/h3-10,13,18-19,21-22H,2,11-12,14H2,1H3/t18-,19-/m0/s1. The van der Waals surface area contributed by atoms with Gasteiger partial charge in [-0.1, -0.05) is 54.6 Å². The molecule has 0 saturated carbocycles. The number of esters is 1. The summed E-state index contributed by atoms with van der Waals surface area (Å²) in [6.45, 7) is 1.53. The van der Waals surface area contributed by atoms with Crippen molar-refractivity contribution in [2.45, 2.75) is 25.9 Å². The Balaban J connectivity index is 2.00. The molecule has 128 valence electrons. The van der Waals surface area contributed by atoms with Crippen molar-refractivity contribution in [3.05, 3.63) is 60.2 Å². The summed E-state index contributed by atoms with van der Waals surface area (Å²) in [5, 5.41) is 19.5. The summed E-state index contributed by atoms with van der Waals surface area (Å²) in [4.78, 5) is 11.7. The molecule has 2 atom stereocenters. The highest BCUT2D eigenvalue weighted by molar-refractivity contribution is 5.73. The third kappa shape index (κ3) is 4.91. The van der Waals surface area contributed by atoms with Gasteiger partial charge >= 0.3 is 5.97 Å². The van der Waals surface area contributed by atoms with Gasteiger partial charge in [0, 0.05) is 0 Å². The van der Waals surface area contributed by atoms with Crippen LogP contribution < -0.4 is 0 Å². The Morgan fingerprint density at radius 1 is 1.08 bits per heavy atom. The Morgan fingerprint density at radius 2 is 1.79 bits per heavy atom. The third-order valence-corrected chi connectivity index (χ3v) is 4.01. The minimum Gasteiger partial charge on any atom is -0.466 e. The van der Waals surface area contributed by atoms with Gasteiger partial charge in [-0.25, -0.2) is 0 Å². The maximum Gasteiger partial charge on any atom is 0.313 e. The molecule has 4 heteroatoms. The van der Waals surface area contributed by atoms with Crippen molar-refractivity contribution in [1.29, 1.82) is 0 Å². The van der Waals surface area contributed by atoms with Gasteiger partial charge in [0.1, 0.15) is 5.92 Å². The Hall–Kier alpha value is -2.17. The molecular formula is C20H24O4. The molecular weight excluding hydrogens is 304 g/mol. The van der Waals surface area contributed by atoms with E-state index in [1.54, 1.807) is 6.92 Å². The Bertz CT molecular complexity index is 639. The normalized spacial score (nSPS) is 13.3. The third-order valence-electron chi connectivity index (χ3n) is 4.01. The highest BCUT2D eigenvalue weighted by Gasteiger charge is 2.27. The summed E-state index contributed by atoms with van der Waals surface area (Å²) < 4.78 is 4.89. The maximum absolute atomic E-state index is 11.7. The number of rotatable bonds is 8. The number of aryl methyl sites for hydroxylation is 1. The molecule has 2 N–H and O–H groups in total. The van der Waals surface area contributed by atoms with E-state index < -0.39 is 24.6 Å². The molecule has 2 aromatic rings. The molecule has 4 nitrogen and oxygen atoms in total. The van der Waals surface area contributed by atoms with E-state index in [-0.39, 0.29) is 6.61 Å². The molecule has 0 saturated heterocycles. The lowest BCUT2D eigenvalue weighted by Crippen LogP contribution is -2.33. The van der Waals surface area contributed by atoms with Crippen molar-refractivity contribution >= 4 is 5.97 Å². The minimum absolute atomic E-state index is 0.237. The molecule has 0 spiro atoms. The van der Waals surface area contributed by atoms with E-state index in [2.05, 4.69) is 18.2 Å². The minimum atomic E-state index is -0.922. The number of benzene rings is 2. The highest BCUT2D eigenvalue weighted by atomic mass is 16.5. The molecule has 0 aromatic heterocycles. The van der Waals surface area contributed by atoms with Crippen molar-refractivity contribution in [2.24, 2.45) is 5.92 Å². The van der Waals surface area contributed by atoms with E-state index in [1.165, 1.54) is 0 Å². The molecule has 0 amide bonds. The van der Waals surface area contributed by atoms with E-state index in [4.69, 9.17) is 4.74 Å². The van der Waals surface area contributed by atoms with Crippen LogP contribution in [0.2, 0.25) is 0 Å². The molecule has 24 heavy (non-hydrogen) atoms. The fraction of sp³-hybridized carbons (Fsp3) is 0.350. The summed E-state index contributed by atoms with van der Waals surface area (Å²) >= 11 is 0. The number of hydrogen-bond acceptors (Lipinski definition) is 4. The van der Waals surface area contributed by atoms with Crippen molar-refractivity contribution in [3.8, 4) is 11.1 Å². The van der Waals surface area contributed by atoms with E-state index in [9.17, 15) is 15.0 Å². The van der Waals surface area contributed by atoms with Gasteiger partial charge in [0.15, 0.2) is 0 Å². The molecule has 0 unspecified atom stereocenters. The van der Waals surface area contributed by atoms with Gasteiger partial charge in [0.2, 0.25) is 0 Å². The van der Waals surface area contributed by atoms with Crippen molar-refractivity contribution in [2.75, 3.05) is 13.2 Å². The summed E-state index contributed by atoms with van der Waals surface area (Å²) in [5.74, 6) is -1.44. The number of hydrogen-bond donors (Lipinski definition) is 2. The Morgan fingerprint density at radius 3 is 2.46 bits per heavy atom. The van der Waals surface area contributed by atoms with Crippen LogP contribution in [0, 0.1) is 5.92 Å². The first kappa shape index (κ1) is 18.2. The average molecular weight is 328 g/mol. The van der Waals surface area contributed by atoms with Gasteiger partial charge in [0.25, 0.3) is 0 Å². The molecule has 2 rings (SSSR count). The van der Waals surface area contributed by atoms with E-state index >= 15 is 0 Å². The smallest absolute Gasteiger partial charge is 0.313 e. The van der Waals surface area contributed by atoms with E-state index in [1.807, 2.05) is 36.4 Å². The van der Waals surface area contributed by atoms with Crippen LogP contribution in [-0.2, 0) is 16.0 Å². The lowest BCUT2D eigenvalue weighted by Gasteiger charge is -2.19. The van der Waals surface area contributed by atoms with Crippen molar-refractivity contribution in [3.63, 3.8) is 0 Å². The fourth-order valence-electron chi connectivity index (χ4n) is 2.66.